The van der Waals surface area contributed by atoms with Gasteiger partial charge in [0.15, 0.2) is 0 Å². The second-order valence-corrected chi connectivity index (χ2v) is 5.83. The van der Waals surface area contributed by atoms with E-state index in [0.29, 0.717) is 23.8 Å². The Balaban J connectivity index is 1.93. The number of hydrogen-bond acceptors (Lipinski definition) is 3. The molecule has 2 aliphatic rings. The van der Waals surface area contributed by atoms with Crippen molar-refractivity contribution in [1.82, 2.24) is 10.2 Å². The lowest BCUT2D eigenvalue weighted by Gasteiger charge is -2.39. The summed E-state index contributed by atoms with van der Waals surface area (Å²) in [6.45, 7) is 12.2. The molecule has 0 spiro atoms. The third-order valence-electron chi connectivity index (χ3n) is 3.53. The van der Waals surface area contributed by atoms with Gasteiger partial charge in [0.2, 0.25) is 0 Å². The van der Waals surface area contributed by atoms with Crippen LogP contribution in [0, 0.1) is 0 Å². The summed E-state index contributed by atoms with van der Waals surface area (Å²) in [7, 11) is 0. The highest BCUT2D eigenvalue weighted by molar-refractivity contribution is 4.95. The van der Waals surface area contributed by atoms with E-state index >= 15 is 0 Å². The average molecular weight is 212 g/mol. The van der Waals surface area contributed by atoms with Crippen LogP contribution in [-0.4, -0.2) is 48.3 Å². The normalized spacial score (nSPS) is 42.0. The summed E-state index contributed by atoms with van der Waals surface area (Å²) in [5, 5.41) is 3.59. The van der Waals surface area contributed by atoms with Crippen LogP contribution >= 0.6 is 0 Å². The molecule has 0 aromatic heterocycles. The molecule has 0 bridgehead atoms. The molecule has 0 saturated carbocycles. The van der Waals surface area contributed by atoms with Crippen LogP contribution in [0.15, 0.2) is 0 Å². The quantitative estimate of drug-likeness (QED) is 0.707. The number of rotatable bonds is 1. The van der Waals surface area contributed by atoms with E-state index in [0.717, 1.165) is 19.6 Å². The molecule has 3 nitrogen and oxygen atoms in total. The monoisotopic (exact) mass is 212 g/mol. The van der Waals surface area contributed by atoms with Gasteiger partial charge in [0.25, 0.3) is 0 Å². The second-order valence-electron chi connectivity index (χ2n) is 5.83. The highest BCUT2D eigenvalue weighted by Gasteiger charge is 2.36. The van der Waals surface area contributed by atoms with Gasteiger partial charge in [0, 0.05) is 31.2 Å². The molecule has 0 aromatic rings. The Morgan fingerprint density at radius 3 is 2.27 bits per heavy atom. The molecule has 0 radical (unpaired) electrons. The predicted octanol–water partition coefficient (Wildman–Crippen LogP) is 1.24. The van der Waals surface area contributed by atoms with Gasteiger partial charge in [-0.05, 0) is 34.1 Å². The Kier molecular flexibility index (Phi) is 3.06. The SMILES string of the molecule is C[C@@H]1CN(C2CNC(C)(C)C2)C[C@H](C)O1. The summed E-state index contributed by atoms with van der Waals surface area (Å²) in [6.07, 6.45) is 2.03. The molecule has 88 valence electrons. The molecule has 1 N–H and O–H groups in total. The molecule has 15 heavy (non-hydrogen) atoms. The van der Waals surface area contributed by atoms with Gasteiger partial charge in [-0.2, -0.15) is 0 Å². The van der Waals surface area contributed by atoms with Crippen LogP contribution < -0.4 is 5.32 Å². The van der Waals surface area contributed by atoms with Crippen molar-refractivity contribution >= 4 is 0 Å². The zero-order chi connectivity index (χ0) is 11.1. The van der Waals surface area contributed by atoms with E-state index in [1.54, 1.807) is 0 Å². The van der Waals surface area contributed by atoms with Crippen LogP contribution in [-0.2, 0) is 4.74 Å². The number of nitrogens with one attached hydrogen (secondary N) is 1. The van der Waals surface area contributed by atoms with Crippen LogP contribution in [0.2, 0.25) is 0 Å². The van der Waals surface area contributed by atoms with E-state index in [4.69, 9.17) is 4.74 Å². The smallest absolute Gasteiger partial charge is 0.0678 e. The molecule has 2 heterocycles. The fourth-order valence-electron chi connectivity index (χ4n) is 2.90. The molecule has 0 aromatic carbocycles. The minimum Gasteiger partial charge on any atom is -0.373 e. The van der Waals surface area contributed by atoms with Crippen LogP contribution in [0.3, 0.4) is 0 Å². The van der Waals surface area contributed by atoms with Crippen molar-refractivity contribution in [3.8, 4) is 0 Å². The molecular weight excluding hydrogens is 188 g/mol. The second kappa shape index (κ2) is 4.04. The fraction of sp³-hybridized carbons (Fsp3) is 1.00. The first-order valence-electron chi connectivity index (χ1n) is 6.11. The van der Waals surface area contributed by atoms with Crippen molar-refractivity contribution in [2.75, 3.05) is 19.6 Å². The highest BCUT2D eigenvalue weighted by atomic mass is 16.5. The zero-order valence-electron chi connectivity index (χ0n) is 10.4. The molecule has 3 heteroatoms. The van der Waals surface area contributed by atoms with E-state index < -0.39 is 0 Å². The molecular formula is C12H24N2O. The highest BCUT2D eigenvalue weighted by Crippen LogP contribution is 2.24. The largest absolute Gasteiger partial charge is 0.373 e. The van der Waals surface area contributed by atoms with Crippen molar-refractivity contribution in [3.05, 3.63) is 0 Å². The summed E-state index contributed by atoms with van der Waals surface area (Å²) in [5.41, 5.74) is 0.315. The first kappa shape index (κ1) is 11.4. The minimum absolute atomic E-state index is 0.315. The average Bonchev–Trinajstić information content (AvgIpc) is 2.44. The van der Waals surface area contributed by atoms with E-state index in [1.165, 1.54) is 6.42 Å². The van der Waals surface area contributed by atoms with Crippen LogP contribution in [0.1, 0.15) is 34.1 Å². The van der Waals surface area contributed by atoms with Crippen molar-refractivity contribution in [2.45, 2.75) is 57.9 Å². The fourth-order valence-corrected chi connectivity index (χ4v) is 2.90. The van der Waals surface area contributed by atoms with Crippen molar-refractivity contribution in [1.29, 1.82) is 0 Å². The molecule has 1 unspecified atom stereocenters. The van der Waals surface area contributed by atoms with Crippen molar-refractivity contribution in [2.24, 2.45) is 0 Å². The predicted molar refractivity (Wildman–Crippen MR) is 62.1 cm³/mol. The number of nitrogens with zero attached hydrogens (tertiary/aromatic N) is 1. The third-order valence-corrected chi connectivity index (χ3v) is 3.53. The standard InChI is InChI=1S/C12H24N2O/c1-9-7-14(8-10(2)15-9)11-5-12(3,4)13-6-11/h9-11,13H,5-8H2,1-4H3/t9-,10+,11?. The Morgan fingerprint density at radius 1 is 1.20 bits per heavy atom. The van der Waals surface area contributed by atoms with Gasteiger partial charge in [-0.15, -0.1) is 0 Å². The Bertz CT molecular complexity index is 220. The van der Waals surface area contributed by atoms with Crippen LogP contribution in [0.5, 0.6) is 0 Å². The zero-order valence-corrected chi connectivity index (χ0v) is 10.4. The van der Waals surface area contributed by atoms with Gasteiger partial charge in [0.1, 0.15) is 0 Å². The lowest BCUT2D eigenvalue weighted by atomic mass is 10.00. The molecule has 0 amide bonds. The Morgan fingerprint density at radius 2 is 1.80 bits per heavy atom. The Labute approximate surface area is 93.2 Å². The Hall–Kier alpha value is -0.120. The maximum Gasteiger partial charge on any atom is 0.0678 e. The maximum atomic E-state index is 5.77. The third kappa shape index (κ3) is 2.71. The molecule has 2 rings (SSSR count). The number of hydrogen-bond donors (Lipinski definition) is 1. The van der Waals surface area contributed by atoms with Crippen LogP contribution in [0.25, 0.3) is 0 Å². The maximum absolute atomic E-state index is 5.77. The molecule has 2 aliphatic heterocycles. The lowest BCUT2D eigenvalue weighted by Crippen LogP contribution is -2.50. The van der Waals surface area contributed by atoms with Gasteiger partial charge in [0.05, 0.1) is 12.2 Å². The number of morpholine rings is 1. The lowest BCUT2D eigenvalue weighted by molar-refractivity contribution is -0.0786. The molecule has 2 fully saturated rings. The minimum atomic E-state index is 0.315. The first-order valence-corrected chi connectivity index (χ1v) is 6.11. The van der Waals surface area contributed by atoms with E-state index in [1.807, 2.05) is 0 Å². The summed E-state index contributed by atoms with van der Waals surface area (Å²) in [4.78, 5) is 2.60. The number of ether oxygens (including phenoxy) is 1. The summed E-state index contributed by atoms with van der Waals surface area (Å²) in [6, 6.07) is 0.703. The van der Waals surface area contributed by atoms with Crippen LogP contribution in [0.4, 0.5) is 0 Å². The van der Waals surface area contributed by atoms with Crippen molar-refractivity contribution < 1.29 is 4.74 Å². The molecule has 3 atom stereocenters. The summed E-state index contributed by atoms with van der Waals surface area (Å²) in [5.74, 6) is 0. The van der Waals surface area contributed by atoms with E-state index in [9.17, 15) is 0 Å². The van der Waals surface area contributed by atoms with Gasteiger partial charge in [-0.25, -0.2) is 0 Å². The van der Waals surface area contributed by atoms with Crippen molar-refractivity contribution in [3.63, 3.8) is 0 Å². The summed E-state index contributed by atoms with van der Waals surface area (Å²) >= 11 is 0. The van der Waals surface area contributed by atoms with Gasteiger partial charge >= 0.3 is 0 Å². The van der Waals surface area contributed by atoms with E-state index in [-0.39, 0.29) is 0 Å². The molecule has 2 saturated heterocycles. The van der Waals surface area contributed by atoms with Gasteiger partial charge in [-0.1, -0.05) is 0 Å². The van der Waals surface area contributed by atoms with Gasteiger partial charge < -0.3 is 10.1 Å². The van der Waals surface area contributed by atoms with Gasteiger partial charge in [-0.3, -0.25) is 4.90 Å². The van der Waals surface area contributed by atoms with E-state index in [2.05, 4.69) is 37.9 Å². The first-order chi connectivity index (χ1) is 6.96. The topological polar surface area (TPSA) is 24.5 Å². The molecule has 0 aliphatic carbocycles. The summed E-state index contributed by atoms with van der Waals surface area (Å²) < 4.78 is 5.77.